The summed E-state index contributed by atoms with van der Waals surface area (Å²) in [7, 11) is 1.67. The Morgan fingerprint density at radius 1 is 1.64 bits per heavy atom. The van der Waals surface area contributed by atoms with Crippen LogP contribution in [-0.4, -0.2) is 43.3 Å². The van der Waals surface area contributed by atoms with E-state index >= 15 is 0 Å². The minimum Gasteiger partial charge on any atom is -0.383 e. The molecule has 0 spiro atoms. The number of methoxy groups -OCH3 is 1. The lowest BCUT2D eigenvalue weighted by atomic mass is 10.0. The summed E-state index contributed by atoms with van der Waals surface area (Å²) in [5.74, 6) is 0.603. The Balaban J connectivity index is 2.64. The van der Waals surface area contributed by atoms with Crippen molar-refractivity contribution in [3.63, 3.8) is 0 Å². The first-order valence-corrected chi connectivity index (χ1v) is 5.10. The summed E-state index contributed by atoms with van der Waals surface area (Å²) < 4.78 is 5.14. The Bertz CT molecular complexity index is 206. The molecule has 1 saturated heterocycles. The zero-order chi connectivity index (χ0) is 10.7. The number of ether oxygens (including phenoxy) is 1. The molecule has 4 heteroatoms. The van der Waals surface area contributed by atoms with Crippen molar-refractivity contribution in [1.29, 1.82) is 0 Å². The SMILES string of the molecule is COCC(C(C)C)N1CNC(C)C1=O. The van der Waals surface area contributed by atoms with Gasteiger partial charge in [0.1, 0.15) is 0 Å². The molecule has 2 unspecified atom stereocenters. The normalized spacial score (nSPS) is 24.8. The van der Waals surface area contributed by atoms with Gasteiger partial charge in [0.2, 0.25) is 5.91 Å². The van der Waals surface area contributed by atoms with Gasteiger partial charge in [-0.05, 0) is 12.8 Å². The molecule has 2 atom stereocenters. The fourth-order valence-corrected chi connectivity index (χ4v) is 1.74. The average molecular weight is 200 g/mol. The van der Waals surface area contributed by atoms with Crippen molar-refractivity contribution in [3.05, 3.63) is 0 Å². The number of amides is 1. The van der Waals surface area contributed by atoms with Crippen LogP contribution in [0.5, 0.6) is 0 Å². The van der Waals surface area contributed by atoms with Crippen molar-refractivity contribution in [1.82, 2.24) is 10.2 Å². The van der Waals surface area contributed by atoms with Crippen molar-refractivity contribution in [2.75, 3.05) is 20.4 Å². The molecule has 0 radical (unpaired) electrons. The van der Waals surface area contributed by atoms with E-state index in [9.17, 15) is 4.79 Å². The summed E-state index contributed by atoms with van der Waals surface area (Å²) in [5, 5.41) is 3.13. The van der Waals surface area contributed by atoms with Crippen LogP contribution >= 0.6 is 0 Å². The van der Waals surface area contributed by atoms with E-state index in [2.05, 4.69) is 19.2 Å². The van der Waals surface area contributed by atoms with Crippen molar-refractivity contribution in [3.8, 4) is 0 Å². The quantitative estimate of drug-likeness (QED) is 0.716. The summed E-state index contributed by atoms with van der Waals surface area (Å²) >= 11 is 0. The standard InChI is InChI=1S/C10H20N2O2/c1-7(2)9(5-14-4)12-6-11-8(3)10(12)13/h7-9,11H,5-6H2,1-4H3. The topological polar surface area (TPSA) is 41.6 Å². The van der Waals surface area contributed by atoms with Gasteiger partial charge >= 0.3 is 0 Å². The Morgan fingerprint density at radius 3 is 2.64 bits per heavy atom. The van der Waals surface area contributed by atoms with Crippen LogP contribution in [0.1, 0.15) is 20.8 Å². The molecule has 4 nitrogen and oxygen atoms in total. The number of rotatable bonds is 4. The molecule has 0 bridgehead atoms. The molecule has 0 aromatic rings. The Hall–Kier alpha value is -0.610. The molecule has 0 aromatic heterocycles. The lowest BCUT2D eigenvalue weighted by Crippen LogP contribution is -2.44. The minimum absolute atomic E-state index is 0.0480. The smallest absolute Gasteiger partial charge is 0.240 e. The predicted octanol–water partition coefficient (Wildman–Crippen LogP) is 0.435. The van der Waals surface area contributed by atoms with Crippen LogP contribution in [0.3, 0.4) is 0 Å². The highest BCUT2D eigenvalue weighted by Gasteiger charge is 2.33. The van der Waals surface area contributed by atoms with E-state index in [-0.39, 0.29) is 18.0 Å². The number of nitrogens with one attached hydrogen (secondary N) is 1. The van der Waals surface area contributed by atoms with Crippen LogP contribution < -0.4 is 5.32 Å². The molecule has 1 fully saturated rings. The molecule has 82 valence electrons. The fraction of sp³-hybridized carbons (Fsp3) is 0.900. The summed E-state index contributed by atoms with van der Waals surface area (Å²) in [6, 6.07) is 0.137. The van der Waals surface area contributed by atoms with Gasteiger partial charge in [-0.25, -0.2) is 0 Å². The fourth-order valence-electron chi connectivity index (χ4n) is 1.74. The summed E-state index contributed by atoms with van der Waals surface area (Å²) in [6.45, 7) is 7.37. The van der Waals surface area contributed by atoms with E-state index in [1.54, 1.807) is 7.11 Å². The van der Waals surface area contributed by atoms with Gasteiger partial charge < -0.3 is 9.64 Å². The van der Waals surface area contributed by atoms with E-state index in [0.29, 0.717) is 19.2 Å². The maximum Gasteiger partial charge on any atom is 0.240 e. The first kappa shape index (κ1) is 11.5. The minimum atomic E-state index is -0.0480. The van der Waals surface area contributed by atoms with E-state index in [1.807, 2.05) is 11.8 Å². The van der Waals surface area contributed by atoms with Crippen LogP contribution in [0.4, 0.5) is 0 Å². The maximum absolute atomic E-state index is 11.7. The number of hydrogen-bond donors (Lipinski definition) is 1. The molecule has 1 aliphatic heterocycles. The Kier molecular flexibility index (Phi) is 3.89. The Labute approximate surface area is 85.6 Å². The second kappa shape index (κ2) is 4.75. The second-order valence-electron chi connectivity index (χ2n) is 4.16. The zero-order valence-corrected chi connectivity index (χ0v) is 9.41. The molecule has 1 rings (SSSR count). The van der Waals surface area contributed by atoms with E-state index in [1.165, 1.54) is 0 Å². The van der Waals surface area contributed by atoms with Gasteiger partial charge in [0.15, 0.2) is 0 Å². The lowest BCUT2D eigenvalue weighted by molar-refractivity contribution is -0.132. The predicted molar refractivity (Wildman–Crippen MR) is 54.8 cm³/mol. The number of carbonyl (C=O) groups excluding carboxylic acids is 1. The molecule has 1 amide bonds. The zero-order valence-electron chi connectivity index (χ0n) is 9.41. The van der Waals surface area contributed by atoms with E-state index in [0.717, 1.165) is 0 Å². The van der Waals surface area contributed by atoms with Gasteiger partial charge in [-0.3, -0.25) is 10.1 Å². The molecular formula is C10H20N2O2. The van der Waals surface area contributed by atoms with Crippen molar-refractivity contribution < 1.29 is 9.53 Å². The highest BCUT2D eigenvalue weighted by atomic mass is 16.5. The van der Waals surface area contributed by atoms with Crippen LogP contribution in [0.25, 0.3) is 0 Å². The molecule has 0 aliphatic carbocycles. The van der Waals surface area contributed by atoms with Crippen LogP contribution in [-0.2, 0) is 9.53 Å². The molecule has 0 saturated carbocycles. The lowest BCUT2D eigenvalue weighted by Gasteiger charge is -2.29. The largest absolute Gasteiger partial charge is 0.383 e. The van der Waals surface area contributed by atoms with Gasteiger partial charge in [0, 0.05) is 7.11 Å². The van der Waals surface area contributed by atoms with Gasteiger partial charge in [-0.15, -0.1) is 0 Å². The van der Waals surface area contributed by atoms with Crippen molar-refractivity contribution >= 4 is 5.91 Å². The third-order valence-corrected chi connectivity index (χ3v) is 2.73. The van der Waals surface area contributed by atoms with E-state index < -0.39 is 0 Å². The van der Waals surface area contributed by atoms with Gasteiger partial charge in [0.05, 0.1) is 25.4 Å². The van der Waals surface area contributed by atoms with Crippen LogP contribution in [0.2, 0.25) is 0 Å². The maximum atomic E-state index is 11.7. The summed E-state index contributed by atoms with van der Waals surface area (Å²) in [5.41, 5.74) is 0. The molecule has 1 N–H and O–H groups in total. The first-order chi connectivity index (χ1) is 6.57. The summed E-state index contributed by atoms with van der Waals surface area (Å²) in [4.78, 5) is 13.6. The van der Waals surface area contributed by atoms with Gasteiger partial charge in [0.25, 0.3) is 0 Å². The highest BCUT2D eigenvalue weighted by molar-refractivity contribution is 5.83. The number of carbonyl (C=O) groups is 1. The monoisotopic (exact) mass is 200 g/mol. The number of nitrogens with zero attached hydrogens (tertiary/aromatic N) is 1. The van der Waals surface area contributed by atoms with Crippen LogP contribution in [0.15, 0.2) is 0 Å². The van der Waals surface area contributed by atoms with Crippen molar-refractivity contribution in [2.45, 2.75) is 32.9 Å². The van der Waals surface area contributed by atoms with Crippen LogP contribution in [0, 0.1) is 5.92 Å². The van der Waals surface area contributed by atoms with Gasteiger partial charge in [-0.1, -0.05) is 13.8 Å². The third-order valence-electron chi connectivity index (χ3n) is 2.73. The third kappa shape index (κ3) is 2.25. The highest BCUT2D eigenvalue weighted by Crippen LogP contribution is 2.15. The molecule has 1 heterocycles. The molecule has 14 heavy (non-hydrogen) atoms. The summed E-state index contributed by atoms with van der Waals surface area (Å²) in [6.07, 6.45) is 0. The molecular weight excluding hydrogens is 180 g/mol. The first-order valence-electron chi connectivity index (χ1n) is 5.10. The Morgan fingerprint density at radius 2 is 2.29 bits per heavy atom. The molecule has 0 aromatic carbocycles. The average Bonchev–Trinajstić information content (AvgIpc) is 2.44. The van der Waals surface area contributed by atoms with E-state index in [4.69, 9.17) is 4.74 Å². The second-order valence-corrected chi connectivity index (χ2v) is 4.16. The van der Waals surface area contributed by atoms with Gasteiger partial charge in [-0.2, -0.15) is 0 Å². The van der Waals surface area contributed by atoms with Crippen molar-refractivity contribution in [2.24, 2.45) is 5.92 Å². The molecule has 1 aliphatic rings. The number of hydrogen-bond acceptors (Lipinski definition) is 3.